The van der Waals surface area contributed by atoms with Crippen LogP contribution in [0.3, 0.4) is 0 Å². The molecule has 1 amide bonds. The van der Waals surface area contributed by atoms with Crippen molar-refractivity contribution in [1.29, 1.82) is 5.26 Å². The van der Waals surface area contributed by atoms with E-state index in [2.05, 4.69) is 5.32 Å². The van der Waals surface area contributed by atoms with Crippen molar-refractivity contribution in [2.75, 3.05) is 13.2 Å². The first-order chi connectivity index (χ1) is 7.74. The highest BCUT2D eigenvalue weighted by Crippen LogP contribution is 2.22. The van der Waals surface area contributed by atoms with Crippen LogP contribution in [-0.4, -0.2) is 19.1 Å². The van der Waals surface area contributed by atoms with Crippen molar-refractivity contribution in [1.82, 2.24) is 5.32 Å². The fourth-order valence-corrected chi connectivity index (χ4v) is 1.23. The van der Waals surface area contributed by atoms with Gasteiger partial charge in [0.2, 0.25) is 5.91 Å². The van der Waals surface area contributed by atoms with Gasteiger partial charge in [-0.1, -0.05) is 23.7 Å². The molecule has 0 fully saturated rings. The molecule has 0 saturated heterocycles. The van der Waals surface area contributed by atoms with Crippen LogP contribution in [-0.2, 0) is 4.79 Å². The number of carbonyl (C=O) groups excluding carboxylic acids is 1. The Hall–Kier alpha value is -1.73. The maximum absolute atomic E-state index is 11.1. The molecule has 0 bridgehead atoms. The number of rotatable bonds is 5. The zero-order chi connectivity index (χ0) is 11.8. The van der Waals surface area contributed by atoms with Gasteiger partial charge in [0.15, 0.2) is 0 Å². The summed E-state index contributed by atoms with van der Waals surface area (Å²) in [5, 5.41) is 11.2. The van der Waals surface area contributed by atoms with E-state index in [0.717, 1.165) is 0 Å². The monoisotopic (exact) mass is 238 g/mol. The van der Waals surface area contributed by atoms with Crippen LogP contribution in [0.2, 0.25) is 5.02 Å². The van der Waals surface area contributed by atoms with Crippen LogP contribution < -0.4 is 10.1 Å². The van der Waals surface area contributed by atoms with Crippen LogP contribution in [0.15, 0.2) is 24.3 Å². The lowest BCUT2D eigenvalue weighted by Gasteiger charge is -2.06. The van der Waals surface area contributed by atoms with Gasteiger partial charge in [0.05, 0.1) is 24.1 Å². The van der Waals surface area contributed by atoms with Crippen molar-refractivity contribution in [3.63, 3.8) is 0 Å². The molecule has 16 heavy (non-hydrogen) atoms. The Morgan fingerprint density at radius 1 is 1.50 bits per heavy atom. The quantitative estimate of drug-likeness (QED) is 0.795. The van der Waals surface area contributed by atoms with E-state index in [1.165, 1.54) is 0 Å². The summed E-state index contributed by atoms with van der Waals surface area (Å²) in [7, 11) is 0. The summed E-state index contributed by atoms with van der Waals surface area (Å²) in [5.74, 6) is 0.339. The number of hydrogen-bond acceptors (Lipinski definition) is 3. The Bertz CT molecular complexity index is 401. The highest BCUT2D eigenvalue weighted by molar-refractivity contribution is 6.32. The highest BCUT2D eigenvalue weighted by Gasteiger charge is 2.02. The number of para-hydroxylation sites is 1. The van der Waals surface area contributed by atoms with Gasteiger partial charge in [-0.05, 0) is 12.1 Å². The van der Waals surface area contributed by atoms with Gasteiger partial charge < -0.3 is 10.1 Å². The van der Waals surface area contributed by atoms with Crippen molar-refractivity contribution in [2.24, 2.45) is 0 Å². The van der Waals surface area contributed by atoms with E-state index in [4.69, 9.17) is 21.6 Å². The number of ether oxygens (including phenoxy) is 1. The average molecular weight is 239 g/mol. The largest absolute Gasteiger partial charge is 0.491 e. The summed E-state index contributed by atoms with van der Waals surface area (Å²) in [6.07, 6.45) is 0.201. The van der Waals surface area contributed by atoms with E-state index < -0.39 is 0 Å². The fraction of sp³-hybridized carbons (Fsp3) is 0.273. The molecular weight excluding hydrogens is 228 g/mol. The van der Waals surface area contributed by atoms with Gasteiger partial charge in [0.25, 0.3) is 0 Å². The minimum absolute atomic E-state index is 0.0188. The zero-order valence-corrected chi connectivity index (χ0v) is 9.33. The summed E-state index contributed by atoms with van der Waals surface area (Å²) in [4.78, 5) is 11.1. The summed E-state index contributed by atoms with van der Waals surface area (Å²) in [6, 6.07) is 8.87. The predicted octanol–water partition coefficient (Wildman–Crippen LogP) is 1.75. The van der Waals surface area contributed by atoms with Crippen molar-refractivity contribution in [3.8, 4) is 11.8 Å². The van der Waals surface area contributed by atoms with E-state index in [1.807, 2.05) is 6.07 Å². The molecule has 84 valence electrons. The zero-order valence-electron chi connectivity index (χ0n) is 8.57. The van der Waals surface area contributed by atoms with Gasteiger partial charge in [-0.3, -0.25) is 4.79 Å². The third-order valence-electron chi connectivity index (χ3n) is 1.79. The number of benzene rings is 1. The Kier molecular flexibility index (Phi) is 5.17. The van der Waals surface area contributed by atoms with Crippen molar-refractivity contribution < 1.29 is 9.53 Å². The lowest BCUT2D eigenvalue weighted by atomic mass is 10.3. The smallest absolute Gasteiger partial charge is 0.224 e. The molecule has 0 heterocycles. The van der Waals surface area contributed by atoms with Crippen LogP contribution in [0.25, 0.3) is 0 Å². The Morgan fingerprint density at radius 2 is 2.25 bits per heavy atom. The molecular formula is C11H11ClN2O2. The van der Waals surface area contributed by atoms with Crippen LogP contribution >= 0.6 is 11.6 Å². The Labute approximate surface area is 98.8 Å². The second kappa shape index (κ2) is 6.70. The Balaban J connectivity index is 2.29. The number of amides is 1. The third-order valence-corrected chi connectivity index (χ3v) is 2.10. The highest BCUT2D eigenvalue weighted by atomic mass is 35.5. The molecule has 1 aromatic rings. The van der Waals surface area contributed by atoms with E-state index in [1.54, 1.807) is 24.3 Å². The number of halogens is 1. The number of hydrogen-bond donors (Lipinski definition) is 1. The topological polar surface area (TPSA) is 62.1 Å². The first-order valence-corrected chi connectivity index (χ1v) is 5.13. The van der Waals surface area contributed by atoms with Crippen molar-refractivity contribution in [2.45, 2.75) is 6.42 Å². The maximum Gasteiger partial charge on any atom is 0.224 e. The first kappa shape index (κ1) is 12.3. The molecule has 1 N–H and O–H groups in total. The van der Waals surface area contributed by atoms with Gasteiger partial charge in [-0.25, -0.2) is 0 Å². The summed E-state index contributed by atoms with van der Waals surface area (Å²) in [6.45, 7) is 0.256. The maximum atomic E-state index is 11.1. The molecule has 0 spiro atoms. The number of nitrogens with one attached hydrogen (secondary N) is 1. The Morgan fingerprint density at radius 3 is 2.94 bits per heavy atom. The van der Waals surface area contributed by atoms with Crippen LogP contribution in [0, 0.1) is 11.3 Å². The predicted molar refractivity (Wildman–Crippen MR) is 60.2 cm³/mol. The summed E-state index contributed by atoms with van der Waals surface area (Å²) in [5.41, 5.74) is 0. The second-order valence-electron chi connectivity index (χ2n) is 2.96. The van der Waals surface area contributed by atoms with Crippen LogP contribution in [0.4, 0.5) is 0 Å². The van der Waals surface area contributed by atoms with E-state index in [0.29, 0.717) is 10.8 Å². The fourth-order valence-electron chi connectivity index (χ4n) is 1.04. The molecule has 5 heteroatoms. The molecule has 4 nitrogen and oxygen atoms in total. The molecule has 0 aliphatic heterocycles. The van der Waals surface area contributed by atoms with Gasteiger partial charge >= 0.3 is 0 Å². The van der Waals surface area contributed by atoms with E-state index in [-0.39, 0.29) is 25.5 Å². The van der Waals surface area contributed by atoms with Crippen molar-refractivity contribution >= 4 is 17.5 Å². The molecule has 0 aromatic heterocycles. The number of nitriles is 1. The molecule has 0 unspecified atom stereocenters. The number of carbonyl (C=O) groups is 1. The summed E-state index contributed by atoms with van der Waals surface area (Å²) < 4.78 is 5.31. The molecule has 0 saturated carbocycles. The first-order valence-electron chi connectivity index (χ1n) is 4.75. The average Bonchev–Trinajstić information content (AvgIpc) is 2.29. The minimum Gasteiger partial charge on any atom is -0.491 e. The second-order valence-corrected chi connectivity index (χ2v) is 3.37. The molecule has 1 aromatic carbocycles. The number of nitrogens with zero attached hydrogens (tertiary/aromatic N) is 1. The van der Waals surface area contributed by atoms with Gasteiger partial charge in [0, 0.05) is 0 Å². The molecule has 0 atom stereocenters. The van der Waals surface area contributed by atoms with E-state index in [9.17, 15) is 4.79 Å². The lowest BCUT2D eigenvalue weighted by molar-refractivity contribution is -0.121. The normalized spacial score (nSPS) is 9.25. The van der Waals surface area contributed by atoms with Crippen LogP contribution in [0.5, 0.6) is 5.75 Å². The minimum atomic E-state index is -0.214. The molecule has 0 aliphatic rings. The van der Waals surface area contributed by atoms with E-state index >= 15 is 0 Å². The molecule has 0 aliphatic carbocycles. The standard InChI is InChI=1S/C11H11ClN2O2/c12-9-3-1-2-4-10(9)16-8-5-11(15)14-7-6-13/h1-4H,5,7-8H2,(H,14,15). The van der Waals surface area contributed by atoms with Gasteiger partial charge in [-0.15, -0.1) is 0 Å². The van der Waals surface area contributed by atoms with Crippen LogP contribution in [0.1, 0.15) is 6.42 Å². The van der Waals surface area contributed by atoms with Gasteiger partial charge in [-0.2, -0.15) is 5.26 Å². The SMILES string of the molecule is N#CCNC(=O)CCOc1ccccc1Cl. The molecule has 1 rings (SSSR count). The molecule has 0 radical (unpaired) electrons. The summed E-state index contributed by atoms with van der Waals surface area (Å²) >= 11 is 5.85. The van der Waals surface area contributed by atoms with Gasteiger partial charge in [0.1, 0.15) is 12.3 Å². The third kappa shape index (κ3) is 4.20. The lowest BCUT2D eigenvalue weighted by Crippen LogP contribution is -2.25. The van der Waals surface area contributed by atoms with Crippen molar-refractivity contribution in [3.05, 3.63) is 29.3 Å².